The molecule has 1 heterocycles. The van der Waals surface area contributed by atoms with Crippen molar-refractivity contribution in [3.05, 3.63) is 204 Å². The zero-order valence-electron chi connectivity index (χ0n) is 31.7. The van der Waals surface area contributed by atoms with Crippen LogP contribution >= 0.6 is 0 Å². The van der Waals surface area contributed by atoms with Crippen molar-refractivity contribution in [1.82, 2.24) is 4.57 Å². The van der Waals surface area contributed by atoms with Gasteiger partial charge in [-0.1, -0.05) is 129 Å². The summed E-state index contributed by atoms with van der Waals surface area (Å²) in [6.07, 6.45) is 0. The van der Waals surface area contributed by atoms with Crippen molar-refractivity contribution in [2.45, 2.75) is 33.1 Å². The molecule has 0 radical (unpaired) electrons. The van der Waals surface area contributed by atoms with Crippen LogP contribution in [0.15, 0.2) is 182 Å². The van der Waals surface area contributed by atoms with Crippen LogP contribution in [0.25, 0.3) is 60.9 Å². The topological polar surface area (TPSA) is 8.17 Å². The lowest BCUT2D eigenvalue weighted by molar-refractivity contribution is 0.660. The summed E-state index contributed by atoms with van der Waals surface area (Å²) in [6, 6.07) is 67.0. The van der Waals surface area contributed by atoms with Crippen molar-refractivity contribution in [1.29, 1.82) is 0 Å². The molecule has 0 bridgehead atoms. The van der Waals surface area contributed by atoms with Crippen LogP contribution in [0, 0.1) is 13.8 Å². The Labute approximate surface area is 323 Å². The molecule has 0 atom stereocenters. The average Bonchev–Trinajstić information content (AvgIpc) is 3.66. The second-order valence-corrected chi connectivity index (χ2v) is 15.6. The van der Waals surface area contributed by atoms with E-state index < -0.39 is 0 Å². The van der Waals surface area contributed by atoms with Crippen molar-refractivity contribution in [3.8, 4) is 39.1 Å². The minimum atomic E-state index is -0.197. The van der Waals surface area contributed by atoms with Gasteiger partial charge in [0, 0.05) is 38.9 Å². The molecule has 2 nitrogen and oxygen atoms in total. The van der Waals surface area contributed by atoms with Crippen LogP contribution in [0.2, 0.25) is 0 Å². The molecule has 0 spiro atoms. The fraction of sp³-hybridized carbons (Fsp3) is 0.0943. The van der Waals surface area contributed by atoms with Gasteiger partial charge in [-0.2, -0.15) is 0 Å². The lowest BCUT2D eigenvalue weighted by atomic mass is 9.82. The molecule has 9 aromatic rings. The van der Waals surface area contributed by atoms with Crippen LogP contribution in [-0.2, 0) is 5.41 Å². The Hall–Kier alpha value is -6.64. The van der Waals surface area contributed by atoms with Gasteiger partial charge in [0.15, 0.2) is 0 Å². The first kappa shape index (κ1) is 33.0. The molecule has 1 aliphatic rings. The molecular weight excluding hydrogens is 665 g/mol. The maximum Gasteiger partial charge on any atom is 0.0541 e. The zero-order valence-corrected chi connectivity index (χ0v) is 31.7. The monoisotopic (exact) mass is 706 g/mol. The van der Waals surface area contributed by atoms with Crippen molar-refractivity contribution >= 4 is 38.9 Å². The molecule has 0 saturated carbocycles. The van der Waals surface area contributed by atoms with Gasteiger partial charge in [-0.05, 0) is 136 Å². The second kappa shape index (κ2) is 12.7. The SMILES string of the molecule is Cc1cc(C)cc(N(c2ccc(-c3cccc(-c4ccccc4)c3)cc2)c2ccc3c(c2)C(C)(C)c2cc(-n4c5ccccc5c5ccccc54)ccc2-3)c1. The maximum atomic E-state index is 2.43. The van der Waals surface area contributed by atoms with Crippen molar-refractivity contribution < 1.29 is 0 Å². The van der Waals surface area contributed by atoms with Gasteiger partial charge in [-0.25, -0.2) is 0 Å². The van der Waals surface area contributed by atoms with E-state index >= 15 is 0 Å². The smallest absolute Gasteiger partial charge is 0.0541 e. The predicted molar refractivity (Wildman–Crippen MR) is 233 cm³/mol. The minimum absolute atomic E-state index is 0.197. The Balaban J connectivity index is 1.06. The summed E-state index contributed by atoms with van der Waals surface area (Å²) in [5.41, 5.74) is 19.6. The highest BCUT2D eigenvalue weighted by molar-refractivity contribution is 6.09. The van der Waals surface area contributed by atoms with Crippen LogP contribution in [0.4, 0.5) is 17.1 Å². The standard InChI is InChI=1S/C53H42N2/c1-35-29-36(2)31-44(30-35)54(41-23-21-38(22-24-41)40-16-12-15-39(32-40)37-13-6-5-7-14-37)42-25-27-45-46-28-26-43(34-50(46)53(3,4)49(45)33-42)55-51-19-10-8-17-47(51)48-18-9-11-20-52(48)55/h5-34H,1-4H3. The van der Waals surface area contributed by atoms with Crippen LogP contribution in [0.3, 0.4) is 0 Å². The van der Waals surface area contributed by atoms with Crippen LogP contribution in [0.1, 0.15) is 36.1 Å². The molecule has 55 heavy (non-hydrogen) atoms. The van der Waals surface area contributed by atoms with E-state index in [1.165, 1.54) is 88.8 Å². The van der Waals surface area contributed by atoms with Gasteiger partial charge in [-0.3, -0.25) is 0 Å². The molecule has 2 heteroatoms. The Morgan fingerprint density at radius 3 is 1.58 bits per heavy atom. The van der Waals surface area contributed by atoms with Crippen molar-refractivity contribution in [2.75, 3.05) is 4.90 Å². The number of anilines is 3. The number of benzene rings is 8. The maximum absolute atomic E-state index is 2.43. The van der Waals surface area contributed by atoms with Gasteiger partial charge < -0.3 is 9.47 Å². The van der Waals surface area contributed by atoms with Gasteiger partial charge in [0.05, 0.1) is 11.0 Å². The molecule has 0 aliphatic heterocycles. The average molecular weight is 707 g/mol. The summed E-state index contributed by atoms with van der Waals surface area (Å²) in [4.78, 5) is 2.42. The molecule has 1 aliphatic carbocycles. The number of nitrogens with zero attached hydrogens (tertiary/aromatic N) is 2. The molecule has 0 N–H and O–H groups in total. The van der Waals surface area contributed by atoms with Crippen LogP contribution in [-0.4, -0.2) is 4.57 Å². The van der Waals surface area contributed by atoms with E-state index in [1.807, 2.05) is 0 Å². The third-order valence-electron chi connectivity index (χ3n) is 11.6. The molecular formula is C53H42N2. The highest BCUT2D eigenvalue weighted by atomic mass is 15.1. The lowest BCUT2D eigenvalue weighted by Gasteiger charge is -2.29. The molecule has 10 rings (SSSR count). The van der Waals surface area contributed by atoms with Gasteiger partial charge >= 0.3 is 0 Å². The summed E-state index contributed by atoms with van der Waals surface area (Å²) >= 11 is 0. The van der Waals surface area contributed by atoms with E-state index in [0.29, 0.717) is 0 Å². The summed E-state index contributed by atoms with van der Waals surface area (Å²) in [5, 5.41) is 2.57. The number of fused-ring (bicyclic) bond motifs is 6. The molecule has 0 unspecified atom stereocenters. The quantitative estimate of drug-likeness (QED) is 0.167. The number of para-hydroxylation sites is 2. The van der Waals surface area contributed by atoms with Gasteiger partial charge in [-0.15, -0.1) is 0 Å². The third-order valence-corrected chi connectivity index (χ3v) is 11.6. The van der Waals surface area contributed by atoms with Gasteiger partial charge in [0.25, 0.3) is 0 Å². The summed E-state index contributed by atoms with van der Waals surface area (Å²) < 4.78 is 2.43. The van der Waals surface area contributed by atoms with Crippen LogP contribution < -0.4 is 4.90 Å². The zero-order chi connectivity index (χ0) is 37.3. The van der Waals surface area contributed by atoms with E-state index in [0.717, 1.165) is 11.4 Å². The summed E-state index contributed by atoms with van der Waals surface area (Å²) in [5.74, 6) is 0. The fourth-order valence-corrected chi connectivity index (χ4v) is 9.03. The number of aryl methyl sites for hydroxylation is 2. The van der Waals surface area contributed by atoms with E-state index in [2.05, 4.69) is 219 Å². The highest BCUT2D eigenvalue weighted by Gasteiger charge is 2.36. The van der Waals surface area contributed by atoms with E-state index in [1.54, 1.807) is 0 Å². The normalized spacial score (nSPS) is 12.9. The lowest BCUT2D eigenvalue weighted by Crippen LogP contribution is -2.17. The first-order chi connectivity index (χ1) is 26.8. The Kier molecular flexibility index (Phi) is 7.64. The van der Waals surface area contributed by atoms with Crippen LogP contribution in [0.5, 0.6) is 0 Å². The molecule has 0 fully saturated rings. The summed E-state index contributed by atoms with van der Waals surface area (Å²) in [7, 11) is 0. The number of aromatic nitrogens is 1. The van der Waals surface area contributed by atoms with E-state index in [9.17, 15) is 0 Å². The van der Waals surface area contributed by atoms with Crippen molar-refractivity contribution in [2.24, 2.45) is 0 Å². The Bertz CT molecular complexity index is 2840. The van der Waals surface area contributed by atoms with Crippen molar-refractivity contribution in [3.63, 3.8) is 0 Å². The molecule has 0 amide bonds. The molecule has 8 aromatic carbocycles. The first-order valence-electron chi connectivity index (χ1n) is 19.3. The third kappa shape index (κ3) is 5.48. The molecule has 0 saturated heterocycles. The minimum Gasteiger partial charge on any atom is -0.310 e. The van der Waals surface area contributed by atoms with E-state index in [4.69, 9.17) is 0 Å². The summed E-state index contributed by atoms with van der Waals surface area (Å²) in [6.45, 7) is 9.15. The highest BCUT2D eigenvalue weighted by Crippen LogP contribution is 2.51. The fourth-order valence-electron chi connectivity index (χ4n) is 9.03. The largest absolute Gasteiger partial charge is 0.310 e. The molecule has 1 aromatic heterocycles. The van der Waals surface area contributed by atoms with Gasteiger partial charge in [0.1, 0.15) is 0 Å². The first-order valence-corrected chi connectivity index (χ1v) is 19.3. The number of hydrogen-bond donors (Lipinski definition) is 0. The number of hydrogen-bond acceptors (Lipinski definition) is 1. The Morgan fingerprint density at radius 2 is 0.927 bits per heavy atom. The second-order valence-electron chi connectivity index (χ2n) is 15.6. The Morgan fingerprint density at radius 1 is 0.400 bits per heavy atom. The van der Waals surface area contributed by atoms with Gasteiger partial charge in [0.2, 0.25) is 0 Å². The van der Waals surface area contributed by atoms with E-state index in [-0.39, 0.29) is 5.41 Å². The number of rotatable bonds is 6. The molecule has 264 valence electrons. The predicted octanol–water partition coefficient (Wildman–Crippen LogP) is 14.5.